The fourth-order valence-electron chi connectivity index (χ4n) is 1.62. The number of aromatic amines is 1. The van der Waals surface area contributed by atoms with Gasteiger partial charge in [-0.15, -0.1) is 0 Å². The number of nitrogens with zero attached hydrogens (tertiary/aromatic N) is 3. The summed E-state index contributed by atoms with van der Waals surface area (Å²) >= 11 is 1.34. The number of H-pyrrole nitrogens is 1. The second-order valence-corrected chi connectivity index (χ2v) is 5.07. The molecule has 2 aromatic heterocycles. The van der Waals surface area contributed by atoms with Gasteiger partial charge in [0.05, 0.1) is 5.75 Å². The molecule has 0 fully saturated rings. The van der Waals surface area contributed by atoms with Crippen molar-refractivity contribution >= 4 is 23.4 Å². The Bertz CT molecular complexity index is 657. The van der Waals surface area contributed by atoms with Gasteiger partial charge in [0.2, 0.25) is 0 Å². The normalized spacial score (nSPS) is 10.5. The Kier molecular flexibility index (Phi) is 4.57. The van der Waals surface area contributed by atoms with Crippen LogP contribution in [0.25, 0.3) is 0 Å². The molecule has 2 rings (SSSR count). The average molecular weight is 292 g/mol. The number of rotatable bonds is 5. The molecular formula is C12H16N6OS. The number of nitrogens with two attached hydrogens (primary N) is 1. The molecule has 0 unspecified atom stereocenters. The highest BCUT2D eigenvalue weighted by atomic mass is 32.2. The van der Waals surface area contributed by atoms with Crippen LogP contribution in [0.15, 0.2) is 22.1 Å². The zero-order valence-corrected chi connectivity index (χ0v) is 12.1. The summed E-state index contributed by atoms with van der Waals surface area (Å²) in [6, 6.07) is 3.13. The van der Waals surface area contributed by atoms with Gasteiger partial charge >= 0.3 is 0 Å². The van der Waals surface area contributed by atoms with Crippen molar-refractivity contribution < 1.29 is 0 Å². The molecule has 2 heterocycles. The van der Waals surface area contributed by atoms with Crippen molar-refractivity contribution in [2.24, 2.45) is 0 Å². The predicted molar refractivity (Wildman–Crippen MR) is 79.8 cm³/mol. The number of hydrogen-bond donors (Lipinski definition) is 3. The lowest BCUT2D eigenvalue weighted by atomic mass is 10.4. The minimum absolute atomic E-state index is 0.203. The minimum atomic E-state index is -0.265. The molecule has 106 valence electrons. The van der Waals surface area contributed by atoms with Crippen molar-refractivity contribution in [3.8, 4) is 0 Å². The Morgan fingerprint density at radius 2 is 2.15 bits per heavy atom. The van der Waals surface area contributed by atoms with E-state index < -0.39 is 0 Å². The van der Waals surface area contributed by atoms with Crippen LogP contribution in [0.2, 0.25) is 0 Å². The molecule has 0 bridgehead atoms. The third-order valence-corrected chi connectivity index (χ3v) is 3.21. The molecular weight excluding hydrogens is 276 g/mol. The van der Waals surface area contributed by atoms with Gasteiger partial charge in [0.1, 0.15) is 17.5 Å². The van der Waals surface area contributed by atoms with E-state index in [4.69, 9.17) is 5.73 Å². The molecule has 0 aliphatic rings. The summed E-state index contributed by atoms with van der Waals surface area (Å²) in [5.41, 5.74) is 6.15. The predicted octanol–water partition coefficient (Wildman–Crippen LogP) is 1.17. The first-order valence-electron chi connectivity index (χ1n) is 6.15. The number of nitrogens with one attached hydrogen (secondary N) is 2. The van der Waals surface area contributed by atoms with Gasteiger partial charge in [0.25, 0.3) is 5.56 Å². The molecule has 2 aromatic rings. The molecule has 0 spiro atoms. The lowest BCUT2D eigenvalue weighted by Crippen LogP contribution is -2.09. The summed E-state index contributed by atoms with van der Waals surface area (Å²) in [5, 5.41) is 3.61. The molecule has 0 saturated carbocycles. The maximum absolute atomic E-state index is 11.3. The Labute approximate surface area is 120 Å². The van der Waals surface area contributed by atoms with Crippen molar-refractivity contribution in [3.63, 3.8) is 0 Å². The molecule has 0 radical (unpaired) electrons. The van der Waals surface area contributed by atoms with Gasteiger partial charge in [-0.25, -0.2) is 15.0 Å². The van der Waals surface area contributed by atoms with Crippen LogP contribution in [0, 0.1) is 6.92 Å². The lowest BCUT2D eigenvalue weighted by Gasteiger charge is -2.06. The standard InChI is InChI=1S/C12H16N6OS/c1-3-14-9-4-7(2)15-10(17-9)6-20-12-16-8(13)5-11(19)18-12/h4-5H,3,6H2,1-2H3,(H,14,15,17)(H3,13,16,18,19). The van der Waals surface area contributed by atoms with Gasteiger partial charge in [-0.05, 0) is 13.8 Å². The van der Waals surface area contributed by atoms with E-state index in [9.17, 15) is 4.79 Å². The van der Waals surface area contributed by atoms with Crippen LogP contribution in [0.5, 0.6) is 0 Å². The van der Waals surface area contributed by atoms with E-state index >= 15 is 0 Å². The molecule has 0 aliphatic carbocycles. The Morgan fingerprint density at radius 3 is 2.85 bits per heavy atom. The van der Waals surface area contributed by atoms with Gasteiger partial charge in [-0.3, -0.25) is 4.79 Å². The van der Waals surface area contributed by atoms with Gasteiger partial charge < -0.3 is 16.0 Å². The van der Waals surface area contributed by atoms with E-state index in [0.717, 1.165) is 18.1 Å². The summed E-state index contributed by atoms with van der Waals surface area (Å²) in [6.45, 7) is 4.72. The summed E-state index contributed by atoms with van der Waals surface area (Å²) in [7, 11) is 0. The number of hydrogen-bond acceptors (Lipinski definition) is 7. The van der Waals surface area contributed by atoms with E-state index in [-0.39, 0.29) is 11.4 Å². The number of nitrogen functional groups attached to an aromatic ring is 1. The van der Waals surface area contributed by atoms with Crippen molar-refractivity contribution in [1.29, 1.82) is 0 Å². The highest BCUT2D eigenvalue weighted by molar-refractivity contribution is 7.98. The van der Waals surface area contributed by atoms with Gasteiger partial charge in [0, 0.05) is 24.4 Å². The van der Waals surface area contributed by atoms with E-state index in [2.05, 4.69) is 25.3 Å². The summed E-state index contributed by atoms with van der Waals surface area (Å²) in [6.07, 6.45) is 0. The third-order valence-electron chi connectivity index (χ3n) is 2.34. The second kappa shape index (κ2) is 6.38. The Balaban J connectivity index is 2.12. The van der Waals surface area contributed by atoms with Crippen LogP contribution in [0.3, 0.4) is 0 Å². The molecule has 8 heteroatoms. The highest BCUT2D eigenvalue weighted by Crippen LogP contribution is 2.18. The number of aryl methyl sites for hydroxylation is 1. The van der Waals surface area contributed by atoms with Crippen LogP contribution in [0.4, 0.5) is 11.6 Å². The third kappa shape index (κ3) is 3.95. The molecule has 0 saturated heterocycles. The smallest absolute Gasteiger partial charge is 0.253 e. The summed E-state index contributed by atoms with van der Waals surface area (Å²) in [4.78, 5) is 26.7. The fraction of sp³-hybridized carbons (Fsp3) is 0.333. The van der Waals surface area contributed by atoms with Crippen molar-refractivity contribution in [2.45, 2.75) is 24.8 Å². The largest absolute Gasteiger partial charge is 0.383 e. The molecule has 0 amide bonds. The van der Waals surface area contributed by atoms with E-state index in [1.807, 2.05) is 19.9 Å². The van der Waals surface area contributed by atoms with E-state index in [1.165, 1.54) is 17.8 Å². The molecule has 7 nitrogen and oxygen atoms in total. The number of thioether (sulfide) groups is 1. The van der Waals surface area contributed by atoms with Crippen molar-refractivity contribution in [1.82, 2.24) is 19.9 Å². The van der Waals surface area contributed by atoms with Crippen LogP contribution in [0.1, 0.15) is 18.4 Å². The first kappa shape index (κ1) is 14.3. The van der Waals surface area contributed by atoms with Gasteiger partial charge in [-0.2, -0.15) is 0 Å². The molecule has 4 N–H and O–H groups in total. The van der Waals surface area contributed by atoms with Crippen LogP contribution in [-0.2, 0) is 5.75 Å². The maximum atomic E-state index is 11.3. The Morgan fingerprint density at radius 1 is 1.35 bits per heavy atom. The molecule has 20 heavy (non-hydrogen) atoms. The summed E-state index contributed by atoms with van der Waals surface area (Å²) < 4.78 is 0. The fourth-order valence-corrected chi connectivity index (χ4v) is 2.36. The minimum Gasteiger partial charge on any atom is -0.383 e. The zero-order chi connectivity index (χ0) is 14.5. The van der Waals surface area contributed by atoms with Crippen LogP contribution in [-0.4, -0.2) is 26.5 Å². The molecule has 0 atom stereocenters. The first-order valence-corrected chi connectivity index (χ1v) is 7.13. The zero-order valence-electron chi connectivity index (χ0n) is 11.3. The van der Waals surface area contributed by atoms with Gasteiger partial charge in [-0.1, -0.05) is 11.8 Å². The number of aromatic nitrogens is 4. The Hall–Kier alpha value is -2.09. The number of anilines is 2. The van der Waals surface area contributed by atoms with E-state index in [1.54, 1.807) is 0 Å². The maximum Gasteiger partial charge on any atom is 0.253 e. The van der Waals surface area contributed by atoms with E-state index in [0.29, 0.717) is 16.7 Å². The quantitative estimate of drug-likeness (QED) is 0.560. The van der Waals surface area contributed by atoms with Crippen molar-refractivity contribution in [3.05, 3.63) is 34.0 Å². The van der Waals surface area contributed by atoms with Crippen LogP contribution < -0.4 is 16.6 Å². The first-order chi connectivity index (χ1) is 9.56. The molecule has 0 aliphatic heterocycles. The topological polar surface area (TPSA) is 110 Å². The van der Waals surface area contributed by atoms with Crippen molar-refractivity contribution in [2.75, 3.05) is 17.6 Å². The second-order valence-electron chi connectivity index (χ2n) is 4.11. The van der Waals surface area contributed by atoms with Crippen LogP contribution >= 0.6 is 11.8 Å². The molecule has 0 aromatic carbocycles. The monoisotopic (exact) mass is 292 g/mol. The lowest BCUT2D eigenvalue weighted by molar-refractivity contribution is 0.935. The SMILES string of the molecule is CCNc1cc(C)nc(CSc2nc(N)cc(=O)[nH]2)n1. The highest BCUT2D eigenvalue weighted by Gasteiger charge is 2.05. The average Bonchev–Trinajstić information content (AvgIpc) is 2.35. The van der Waals surface area contributed by atoms with Gasteiger partial charge in [0.15, 0.2) is 5.16 Å². The summed E-state index contributed by atoms with van der Waals surface area (Å²) in [5.74, 6) is 2.18.